The molecule has 0 radical (unpaired) electrons. The van der Waals surface area contributed by atoms with E-state index in [0.29, 0.717) is 6.04 Å². The van der Waals surface area contributed by atoms with Gasteiger partial charge < -0.3 is 5.11 Å². The Hall–Kier alpha value is -1.13. The van der Waals surface area contributed by atoms with Gasteiger partial charge in [-0.3, -0.25) is 4.90 Å². The minimum absolute atomic E-state index is 0.717. The smallest absolute Gasteiger partial charge is 0.328 e. The molecule has 2 rings (SSSR count). The maximum absolute atomic E-state index is 10.5. The van der Waals surface area contributed by atoms with Gasteiger partial charge in [0.05, 0.1) is 0 Å². The van der Waals surface area contributed by atoms with Crippen molar-refractivity contribution >= 4 is 23.4 Å². The first-order valence-corrected chi connectivity index (χ1v) is 7.67. The van der Waals surface area contributed by atoms with Gasteiger partial charge in [0, 0.05) is 28.4 Å². The van der Waals surface area contributed by atoms with E-state index in [-0.39, 0.29) is 0 Å². The summed E-state index contributed by atoms with van der Waals surface area (Å²) in [5.74, 6) is -0.894. The van der Waals surface area contributed by atoms with Crippen LogP contribution >= 0.6 is 11.3 Å². The molecule has 19 heavy (non-hydrogen) atoms. The standard InChI is InChI=1S/C15H21NO2S/c1-16(12-5-3-2-4-6-12)11-14-8-7-13(19-14)9-10-15(17)18/h7-10,12H,2-6,11H2,1H3,(H,17,18). The van der Waals surface area contributed by atoms with Crippen LogP contribution in [0.25, 0.3) is 6.08 Å². The summed E-state index contributed by atoms with van der Waals surface area (Å²) in [4.78, 5) is 15.2. The van der Waals surface area contributed by atoms with E-state index < -0.39 is 5.97 Å². The number of rotatable bonds is 5. The van der Waals surface area contributed by atoms with Crippen LogP contribution in [0.2, 0.25) is 0 Å². The molecular formula is C15H21NO2S. The fourth-order valence-electron chi connectivity index (χ4n) is 2.62. The highest BCUT2D eigenvalue weighted by molar-refractivity contribution is 7.12. The third kappa shape index (κ3) is 4.48. The Kier molecular flexibility index (Phi) is 5.16. The lowest BCUT2D eigenvalue weighted by Crippen LogP contribution is -2.32. The largest absolute Gasteiger partial charge is 0.478 e. The SMILES string of the molecule is CN(Cc1ccc(C=CC(=O)O)s1)C1CCCCC1. The predicted octanol–water partition coefficient (Wildman–Crippen LogP) is 3.61. The Labute approximate surface area is 118 Å². The number of carbonyl (C=O) groups is 1. The fourth-order valence-corrected chi connectivity index (χ4v) is 3.60. The number of hydrogen-bond acceptors (Lipinski definition) is 3. The van der Waals surface area contributed by atoms with Crippen LogP contribution in [0.3, 0.4) is 0 Å². The molecule has 1 aromatic rings. The lowest BCUT2D eigenvalue weighted by Gasteiger charge is -2.30. The van der Waals surface area contributed by atoms with E-state index in [0.717, 1.165) is 11.4 Å². The highest BCUT2D eigenvalue weighted by Crippen LogP contribution is 2.25. The number of carboxylic acids is 1. The summed E-state index contributed by atoms with van der Waals surface area (Å²) in [7, 11) is 2.20. The van der Waals surface area contributed by atoms with Crippen molar-refractivity contribution in [3.63, 3.8) is 0 Å². The zero-order chi connectivity index (χ0) is 13.7. The van der Waals surface area contributed by atoms with Crippen LogP contribution in [-0.4, -0.2) is 29.1 Å². The number of nitrogens with zero attached hydrogens (tertiary/aromatic N) is 1. The van der Waals surface area contributed by atoms with Gasteiger partial charge in [0.25, 0.3) is 0 Å². The van der Waals surface area contributed by atoms with Crippen molar-refractivity contribution in [3.8, 4) is 0 Å². The second-order valence-corrected chi connectivity index (χ2v) is 6.38. The number of carboxylic acid groups (broad SMARTS) is 1. The lowest BCUT2D eigenvalue weighted by atomic mass is 9.94. The van der Waals surface area contributed by atoms with Crippen LogP contribution in [0.4, 0.5) is 0 Å². The van der Waals surface area contributed by atoms with E-state index in [2.05, 4.69) is 18.0 Å². The molecule has 1 heterocycles. The first-order chi connectivity index (χ1) is 9.15. The molecule has 0 atom stereocenters. The minimum atomic E-state index is -0.894. The number of aliphatic carboxylic acids is 1. The molecule has 0 spiro atoms. The van der Waals surface area contributed by atoms with Crippen molar-refractivity contribution in [1.29, 1.82) is 0 Å². The fraction of sp³-hybridized carbons (Fsp3) is 0.533. The summed E-state index contributed by atoms with van der Waals surface area (Å²) in [5, 5.41) is 8.61. The maximum Gasteiger partial charge on any atom is 0.328 e. The Morgan fingerprint density at radius 2 is 2.16 bits per heavy atom. The van der Waals surface area contributed by atoms with Gasteiger partial charge in [0.1, 0.15) is 0 Å². The van der Waals surface area contributed by atoms with E-state index >= 15 is 0 Å². The van der Waals surface area contributed by atoms with Crippen LogP contribution in [0, 0.1) is 0 Å². The Morgan fingerprint density at radius 1 is 1.42 bits per heavy atom. The van der Waals surface area contributed by atoms with Crippen LogP contribution in [0.15, 0.2) is 18.2 Å². The third-order valence-corrected chi connectivity index (χ3v) is 4.71. The second kappa shape index (κ2) is 6.87. The second-order valence-electron chi connectivity index (χ2n) is 5.18. The summed E-state index contributed by atoms with van der Waals surface area (Å²) in [6.07, 6.45) is 9.57. The van der Waals surface area contributed by atoms with Crippen molar-refractivity contribution in [1.82, 2.24) is 4.90 Å². The van der Waals surface area contributed by atoms with Gasteiger partial charge in [-0.25, -0.2) is 4.79 Å². The average molecular weight is 279 g/mol. The van der Waals surface area contributed by atoms with Crippen molar-refractivity contribution in [2.75, 3.05) is 7.05 Å². The predicted molar refractivity (Wildman–Crippen MR) is 79.3 cm³/mol. The molecule has 1 saturated carbocycles. The van der Waals surface area contributed by atoms with E-state index in [1.807, 2.05) is 6.07 Å². The quantitative estimate of drug-likeness (QED) is 0.837. The Morgan fingerprint density at radius 3 is 2.84 bits per heavy atom. The molecule has 0 saturated heterocycles. The van der Waals surface area contributed by atoms with Gasteiger partial charge in [-0.1, -0.05) is 19.3 Å². The molecule has 1 aliphatic carbocycles. The summed E-state index contributed by atoms with van der Waals surface area (Å²) in [6, 6.07) is 4.81. The Balaban J connectivity index is 1.90. The van der Waals surface area contributed by atoms with Crippen LogP contribution in [0.5, 0.6) is 0 Å². The molecule has 1 fully saturated rings. The van der Waals surface area contributed by atoms with Gasteiger partial charge in [-0.05, 0) is 38.1 Å². The third-order valence-electron chi connectivity index (χ3n) is 3.68. The van der Waals surface area contributed by atoms with Crippen molar-refractivity contribution in [2.24, 2.45) is 0 Å². The van der Waals surface area contributed by atoms with Crippen molar-refractivity contribution in [3.05, 3.63) is 28.0 Å². The number of thiophene rings is 1. The first kappa shape index (κ1) is 14.3. The normalized spacial score (nSPS) is 17.4. The van der Waals surface area contributed by atoms with E-state index in [1.54, 1.807) is 17.4 Å². The molecule has 1 aromatic heterocycles. The van der Waals surface area contributed by atoms with Crippen LogP contribution in [0.1, 0.15) is 41.9 Å². The molecule has 0 amide bonds. The summed E-state index contributed by atoms with van der Waals surface area (Å²) in [5.41, 5.74) is 0. The summed E-state index contributed by atoms with van der Waals surface area (Å²) in [6.45, 7) is 0.968. The summed E-state index contributed by atoms with van der Waals surface area (Å²) >= 11 is 1.68. The van der Waals surface area contributed by atoms with E-state index in [9.17, 15) is 4.79 Å². The molecule has 0 bridgehead atoms. The van der Waals surface area contributed by atoms with Crippen molar-refractivity contribution in [2.45, 2.75) is 44.7 Å². The Bertz CT molecular complexity index is 447. The van der Waals surface area contributed by atoms with Gasteiger partial charge in [-0.15, -0.1) is 11.3 Å². The molecule has 1 N–H and O–H groups in total. The van der Waals surface area contributed by atoms with E-state index in [4.69, 9.17) is 5.11 Å². The van der Waals surface area contributed by atoms with Crippen LogP contribution in [-0.2, 0) is 11.3 Å². The maximum atomic E-state index is 10.5. The minimum Gasteiger partial charge on any atom is -0.478 e. The molecule has 1 aliphatic rings. The average Bonchev–Trinajstić information content (AvgIpc) is 2.85. The molecule has 4 heteroatoms. The van der Waals surface area contributed by atoms with Gasteiger partial charge in [-0.2, -0.15) is 0 Å². The zero-order valence-electron chi connectivity index (χ0n) is 11.3. The lowest BCUT2D eigenvalue weighted by molar-refractivity contribution is -0.131. The van der Waals surface area contributed by atoms with E-state index in [1.165, 1.54) is 43.1 Å². The zero-order valence-corrected chi connectivity index (χ0v) is 12.2. The van der Waals surface area contributed by atoms with Crippen molar-refractivity contribution < 1.29 is 9.90 Å². The highest BCUT2D eigenvalue weighted by atomic mass is 32.1. The molecule has 104 valence electrons. The van der Waals surface area contributed by atoms with Gasteiger partial charge in [0.2, 0.25) is 0 Å². The molecular weight excluding hydrogens is 258 g/mol. The monoisotopic (exact) mass is 279 g/mol. The van der Waals surface area contributed by atoms with Gasteiger partial charge in [0.15, 0.2) is 0 Å². The van der Waals surface area contributed by atoms with Gasteiger partial charge >= 0.3 is 5.97 Å². The summed E-state index contributed by atoms with van der Waals surface area (Å²) < 4.78 is 0. The highest BCUT2D eigenvalue weighted by Gasteiger charge is 2.18. The molecule has 0 unspecified atom stereocenters. The number of hydrogen-bond donors (Lipinski definition) is 1. The topological polar surface area (TPSA) is 40.5 Å². The first-order valence-electron chi connectivity index (χ1n) is 6.85. The van der Waals surface area contributed by atoms with Crippen LogP contribution < -0.4 is 0 Å². The molecule has 0 aliphatic heterocycles. The molecule has 3 nitrogen and oxygen atoms in total. The molecule has 0 aromatic carbocycles.